The number of hydrogen-bond acceptors (Lipinski definition) is 3. The Bertz CT molecular complexity index is 488. The average Bonchev–Trinajstić information content (AvgIpc) is 2.33. The third-order valence-corrected chi connectivity index (χ3v) is 3.50. The summed E-state index contributed by atoms with van der Waals surface area (Å²) >= 11 is 3.48. The Morgan fingerprint density at radius 2 is 1.94 bits per heavy atom. The van der Waals surface area contributed by atoms with Crippen LogP contribution in [0.4, 0.5) is 0 Å². The van der Waals surface area contributed by atoms with E-state index in [1.807, 2.05) is 25.1 Å². The van der Waals surface area contributed by atoms with Crippen molar-refractivity contribution in [1.29, 1.82) is 0 Å². The van der Waals surface area contributed by atoms with E-state index in [0.717, 1.165) is 15.6 Å². The van der Waals surface area contributed by atoms with Crippen LogP contribution >= 0.6 is 15.9 Å². The van der Waals surface area contributed by atoms with Gasteiger partial charge in [0.2, 0.25) is 0 Å². The van der Waals surface area contributed by atoms with Crippen LogP contribution in [0, 0.1) is 6.92 Å². The maximum Gasteiger partial charge on any atom is 0.115 e. The zero-order valence-corrected chi connectivity index (χ0v) is 10.3. The molecule has 0 aliphatic carbocycles. The summed E-state index contributed by atoms with van der Waals surface area (Å²) in [5, 5.41) is 10.2. The largest absolute Gasteiger partial charge is 0.383 e. The first kappa shape index (κ1) is 11.2. The van der Waals surface area contributed by atoms with E-state index in [1.165, 1.54) is 6.33 Å². The molecule has 1 N–H and O–H groups in total. The second kappa shape index (κ2) is 4.72. The predicted molar refractivity (Wildman–Crippen MR) is 65.0 cm³/mol. The van der Waals surface area contributed by atoms with Gasteiger partial charge in [0.15, 0.2) is 0 Å². The lowest BCUT2D eigenvalue weighted by molar-refractivity contribution is 0.218. The molecular weight excluding hydrogens is 268 g/mol. The third-order valence-electron chi connectivity index (χ3n) is 2.41. The molecule has 1 aromatic carbocycles. The van der Waals surface area contributed by atoms with Crippen molar-refractivity contribution in [3.63, 3.8) is 0 Å². The highest BCUT2D eigenvalue weighted by molar-refractivity contribution is 9.10. The first-order valence-corrected chi connectivity index (χ1v) is 5.67. The average molecular weight is 279 g/mol. The minimum Gasteiger partial charge on any atom is -0.383 e. The third kappa shape index (κ3) is 2.13. The van der Waals surface area contributed by atoms with E-state index in [1.54, 1.807) is 12.4 Å². The Hall–Kier alpha value is -1.26. The highest BCUT2D eigenvalue weighted by Crippen LogP contribution is 2.29. The summed E-state index contributed by atoms with van der Waals surface area (Å²) in [7, 11) is 0. The van der Waals surface area contributed by atoms with Gasteiger partial charge in [0.1, 0.15) is 12.4 Å². The van der Waals surface area contributed by atoms with E-state index in [2.05, 4.69) is 25.9 Å². The van der Waals surface area contributed by atoms with Crippen molar-refractivity contribution in [2.45, 2.75) is 13.0 Å². The Morgan fingerprint density at radius 3 is 2.62 bits per heavy atom. The van der Waals surface area contributed by atoms with Crippen LogP contribution in [0.15, 0.2) is 41.4 Å². The number of benzene rings is 1. The Morgan fingerprint density at radius 1 is 1.25 bits per heavy atom. The van der Waals surface area contributed by atoms with Crippen LogP contribution in [0.5, 0.6) is 0 Å². The molecule has 0 fully saturated rings. The normalized spacial score (nSPS) is 12.4. The molecule has 82 valence electrons. The first-order valence-electron chi connectivity index (χ1n) is 4.88. The molecule has 0 bridgehead atoms. The van der Waals surface area contributed by atoms with Gasteiger partial charge >= 0.3 is 0 Å². The second-order valence-electron chi connectivity index (χ2n) is 3.55. The molecule has 0 radical (unpaired) electrons. The van der Waals surface area contributed by atoms with Gasteiger partial charge in [-0.3, -0.25) is 0 Å². The highest BCUT2D eigenvalue weighted by Gasteiger charge is 2.14. The number of aliphatic hydroxyl groups is 1. The lowest BCUT2D eigenvalue weighted by Gasteiger charge is -2.13. The van der Waals surface area contributed by atoms with Gasteiger partial charge in [-0.05, 0) is 18.1 Å². The minimum absolute atomic E-state index is 0.689. The SMILES string of the molecule is Cc1cccc(C(O)c2cncnc2)c1Br. The molecule has 3 nitrogen and oxygen atoms in total. The summed E-state index contributed by atoms with van der Waals surface area (Å²) in [5.74, 6) is 0. The van der Waals surface area contributed by atoms with Crippen LogP contribution in [0.1, 0.15) is 22.8 Å². The van der Waals surface area contributed by atoms with Crippen molar-refractivity contribution in [3.8, 4) is 0 Å². The molecule has 1 unspecified atom stereocenters. The van der Waals surface area contributed by atoms with Crippen molar-refractivity contribution in [2.24, 2.45) is 0 Å². The fourth-order valence-corrected chi connectivity index (χ4v) is 1.99. The van der Waals surface area contributed by atoms with Crippen LogP contribution in [0.2, 0.25) is 0 Å². The molecule has 16 heavy (non-hydrogen) atoms. The first-order chi connectivity index (χ1) is 7.70. The van der Waals surface area contributed by atoms with Crippen molar-refractivity contribution >= 4 is 15.9 Å². The highest BCUT2D eigenvalue weighted by atomic mass is 79.9. The fraction of sp³-hybridized carbons (Fsp3) is 0.167. The van der Waals surface area contributed by atoms with Crippen molar-refractivity contribution in [1.82, 2.24) is 9.97 Å². The number of halogens is 1. The molecule has 2 aromatic rings. The minimum atomic E-state index is -0.699. The maximum absolute atomic E-state index is 10.2. The topological polar surface area (TPSA) is 46.0 Å². The lowest BCUT2D eigenvalue weighted by Crippen LogP contribution is -2.02. The summed E-state index contributed by atoms with van der Waals surface area (Å²) in [5.41, 5.74) is 2.61. The van der Waals surface area contributed by atoms with Gasteiger partial charge in [-0.2, -0.15) is 0 Å². The van der Waals surface area contributed by atoms with Gasteiger partial charge in [-0.15, -0.1) is 0 Å². The van der Waals surface area contributed by atoms with Crippen LogP contribution < -0.4 is 0 Å². The molecule has 1 heterocycles. The lowest BCUT2D eigenvalue weighted by atomic mass is 10.0. The van der Waals surface area contributed by atoms with E-state index in [9.17, 15) is 5.11 Å². The zero-order valence-electron chi connectivity index (χ0n) is 8.76. The molecule has 0 aliphatic rings. The van der Waals surface area contributed by atoms with Gasteiger partial charge in [-0.1, -0.05) is 34.1 Å². The smallest absolute Gasteiger partial charge is 0.115 e. The monoisotopic (exact) mass is 278 g/mol. The number of aliphatic hydroxyl groups excluding tert-OH is 1. The molecule has 0 saturated heterocycles. The van der Waals surface area contributed by atoms with E-state index in [0.29, 0.717) is 5.56 Å². The van der Waals surface area contributed by atoms with Gasteiger partial charge in [0, 0.05) is 22.4 Å². The number of hydrogen-bond donors (Lipinski definition) is 1. The quantitative estimate of drug-likeness (QED) is 0.919. The number of nitrogens with zero attached hydrogens (tertiary/aromatic N) is 2. The van der Waals surface area contributed by atoms with E-state index in [-0.39, 0.29) is 0 Å². The van der Waals surface area contributed by atoms with Gasteiger partial charge < -0.3 is 5.11 Å². The van der Waals surface area contributed by atoms with Crippen LogP contribution in [-0.4, -0.2) is 15.1 Å². The molecule has 2 rings (SSSR count). The molecule has 1 atom stereocenters. The Balaban J connectivity index is 2.42. The fourth-order valence-electron chi connectivity index (χ4n) is 1.51. The van der Waals surface area contributed by atoms with Crippen molar-refractivity contribution in [3.05, 3.63) is 58.1 Å². The van der Waals surface area contributed by atoms with Gasteiger partial charge in [0.25, 0.3) is 0 Å². The number of rotatable bonds is 2. The maximum atomic E-state index is 10.2. The van der Waals surface area contributed by atoms with Crippen LogP contribution in [0.25, 0.3) is 0 Å². The summed E-state index contributed by atoms with van der Waals surface area (Å²) in [6.07, 6.45) is 3.98. The predicted octanol–water partition coefficient (Wildman–Crippen LogP) is 2.63. The standard InChI is InChI=1S/C12H11BrN2O/c1-8-3-2-4-10(11(8)13)12(16)9-5-14-7-15-6-9/h2-7,12,16H,1H3. The number of aromatic nitrogens is 2. The zero-order chi connectivity index (χ0) is 11.5. The van der Waals surface area contributed by atoms with Gasteiger partial charge in [0.05, 0.1) is 0 Å². The Labute approximate surface area is 102 Å². The van der Waals surface area contributed by atoms with E-state index >= 15 is 0 Å². The second-order valence-corrected chi connectivity index (χ2v) is 4.35. The molecule has 0 spiro atoms. The van der Waals surface area contributed by atoms with E-state index in [4.69, 9.17) is 0 Å². The molecule has 0 saturated carbocycles. The summed E-state index contributed by atoms with van der Waals surface area (Å²) in [4.78, 5) is 7.79. The van der Waals surface area contributed by atoms with Crippen molar-refractivity contribution < 1.29 is 5.11 Å². The van der Waals surface area contributed by atoms with Gasteiger partial charge in [-0.25, -0.2) is 9.97 Å². The summed E-state index contributed by atoms with van der Waals surface area (Å²) in [6, 6.07) is 5.79. The molecular formula is C12H11BrN2O. The molecule has 0 amide bonds. The Kier molecular flexibility index (Phi) is 3.31. The summed E-state index contributed by atoms with van der Waals surface area (Å²) < 4.78 is 0.923. The summed E-state index contributed by atoms with van der Waals surface area (Å²) in [6.45, 7) is 1.99. The van der Waals surface area contributed by atoms with Crippen LogP contribution in [-0.2, 0) is 0 Å². The van der Waals surface area contributed by atoms with Crippen LogP contribution in [0.3, 0.4) is 0 Å². The van der Waals surface area contributed by atoms with E-state index < -0.39 is 6.10 Å². The van der Waals surface area contributed by atoms with Crippen molar-refractivity contribution in [2.75, 3.05) is 0 Å². The molecule has 0 aliphatic heterocycles. The number of aryl methyl sites for hydroxylation is 1. The molecule has 1 aromatic heterocycles. The molecule has 4 heteroatoms.